The van der Waals surface area contributed by atoms with Crippen LogP contribution in [-0.2, 0) is 4.79 Å². The van der Waals surface area contributed by atoms with Crippen LogP contribution >= 0.6 is 0 Å². The standard InChI is InChI=1S/C12H23N3O/c1-15(10-3-2-4-10)8-7-9-5-6-11(14-9)12(13)16/h9-11,14H,2-8H2,1H3,(H2,13,16). The Hall–Kier alpha value is -0.610. The Bertz CT molecular complexity index is 253. The maximum Gasteiger partial charge on any atom is 0.234 e. The predicted molar refractivity (Wildman–Crippen MR) is 64.0 cm³/mol. The molecule has 0 spiro atoms. The van der Waals surface area contributed by atoms with E-state index in [2.05, 4.69) is 17.3 Å². The molecule has 2 atom stereocenters. The van der Waals surface area contributed by atoms with Crippen molar-refractivity contribution in [2.75, 3.05) is 13.6 Å². The average Bonchev–Trinajstić information content (AvgIpc) is 2.60. The van der Waals surface area contributed by atoms with Gasteiger partial charge in [0.15, 0.2) is 0 Å². The highest BCUT2D eigenvalue weighted by atomic mass is 16.1. The van der Waals surface area contributed by atoms with Gasteiger partial charge in [-0.15, -0.1) is 0 Å². The number of nitrogens with one attached hydrogen (secondary N) is 1. The monoisotopic (exact) mass is 225 g/mol. The summed E-state index contributed by atoms with van der Waals surface area (Å²) in [5, 5.41) is 3.32. The van der Waals surface area contributed by atoms with Gasteiger partial charge < -0.3 is 16.0 Å². The summed E-state index contributed by atoms with van der Waals surface area (Å²) in [4.78, 5) is 13.5. The lowest BCUT2D eigenvalue weighted by Gasteiger charge is -2.35. The topological polar surface area (TPSA) is 58.4 Å². The summed E-state index contributed by atoms with van der Waals surface area (Å²) >= 11 is 0. The van der Waals surface area contributed by atoms with Gasteiger partial charge in [0, 0.05) is 12.1 Å². The van der Waals surface area contributed by atoms with E-state index in [1.807, 2.05) is 0 Å². The van der Waals surface area contributed by atoms with Gasteiger partial charge in [-0.1, -0.05) is 6.42 Å². The third-order valence-corrected chi connectivity index (χ3v) is 4.11. The van der Waals surface area contributed by atoms with Crippen LogP contribution in [0.5, 0.6) is 0 Å². The van der Waals surface area contributed by atoms with Crippen molar-refractivity contribution in [1.29, 1.82) is 0 Å². The summed E-state index contributed by atoms with van der Waals surface area (Å²) in [7, 11) is 2.21. The van der Waals surface area contributed by atoms with Crippen molar-refractivity contribution in [2.45, 2.75) is 56.7 Å². The number of amides is 1. The lowest BCUT2D eigenvalue weighted by molar-refractivity contribution is -0.119. The van der Waals surface area contributed by atoms with Crippen molar-refractivity contribution >= 4 is 5.91 Å². The van der Waals surface area contributed by atoms with E-state index in [4.69, 9.17) is 5.73 Å². The maximum absolute atomic E-state index is 11.0. The first-order valence-corrected chi connectivity index (χ1v) is 6.42. The van der Waals surface area contributed by atoms with Crippen LogP contribution in [-0.4, -0.2) is 42.5 Å². The SMILES string of the molecule is CN(CCC1CCC(C(N)=O)N1)C1CCC1. The fourth-order valence-corrected chi connectivity index (χ4v) is 2.64. The van der Waals surface area contributed by atoms with Crippen molar-refractivity contribution < 1.29 is 4.79 Å². The Kier molecular flexibility index (Phi) is 3.82. The van der Waals surface area contributed by atoms with Gasteiger partial charge in [-0.25, -0.2) is 0 Å². The first-order chi connectivity index (χ1) is 7.66. The summed E-state index contributed by atoms with van der Waals surface area (Å²) in [6.45, 7) is 1.13. The van der Waals surface area contributed by atoms with Crippen LogP contribution < -0.4 is 11.1 Å². The van der Waals surface area contributed by atoms with Gasteiger partial charge in [-0.3, -0.25) is 4.79 Å². The van der Waals surface area contributed by atoms with Crippen molar-refractivity contribution in [2.24, 2.45) is 5.73 Å². The molecule has 0 aromatic carbocycles. The minimum absolute atomic E-state index is 0.0843. The Morgan fingerprint density at radius 3 is 2.62 bits per heavy atom. The number of rotatable bonds is 5. The zero-order valence-corrected chi connectivity index (χ0v) is 10.1. The first kappa shape index (κ1) is 11.9. The van der Waals surface area contributed by atoms with E-state index in [0.29, 0.717) is 6.04 Å². The highest BCUT2D eigenvalue weighted by Crippen LogP contribution is 2.24. The second-order valence-corrected chi connectivity index (χ2v) is 5.25. The third kappa shape index (κ3) is 2.74. The summed E-state index contributed by atoms with van der Waals surface area (Å²) in [5.74, 6) is -0.199. The number of nitrogens with two attached hydrogens (primary N) is 1. The van der Waals surface area contributed by atoms with Crippen LogP contribution in [0.25, 0.3) is 0 Å². The smallest absolute Gasteiger partial charge is 0.234 e. The molecule has 1 aliphatic carbocycles. The van der Waals surface area contributed by atoms with Crippen LogP contribution in [0.1, 0.15) is 38.5 Å². The summed E-state index contributed by atoms with van der Waals surface area (Å²) in [5.41, 5.74) is 5.28. The fraction of sp³-hybridized carbons (Fsp3) is 0.917. The van der Waals surface area contributed by atoms with Crippen LogP contribution in [0.15, 0.2) is 0 Å². The highest BCUT2D eigenvalue weighted by Gasteiger charge is 2.28. The molecule has 0 aromatic rings. The summed E-state index contributed by atoms with van der Waals surface area (Å²) in [6, 6.07) is 1.22. The van der Waals surface area contributed by atoms with E-state index in [-0.39, 0.29) is 11.9 Å². The molecule has 1 saturated heterocycles. The summed E-state index contributed by atoms with van der Waals surface area (Å²) in [6.07, 6.45) is 7.24. The average molecular weight is 225 g/mol. The van der Waals surface area contributed by atoms with Crippen LogP contribution in [0.2, 0.25) is 0 Å². The minimum atomic E-state index is -0.199. The zero-order chi connectivity index (χ0) is 11.5. The van der Waals surface area contributed by atoms with E-state index in [0.717, 1.165) is 31.8 Å². The molecule has 0 aromatic heterocycles. The number of hydrogen-bond acceptors (Lipinski definition) is 3. The van der Waals surface area contributed by atoms with E-state index in [1.165, 1.54) is 19.3 Å². The Labute approximate surface area is 97.6 Å². The minimum Gasteiger partial charge on any atom is -0.368 e. The largest absolute Gasteiger partial charge is 0.368 e. The molecule has 4 heteroatoms. The molecule has 2 fully saturated rings. The maximum atomic E-state index is 11.0. The zero-order valence-electron chi connectivity index (χ0n) is 10.1. The van der Waals surface area contributed by atoms with Gasteiger partial charge in [0.1, 0.15) is 0 Å². The molecular formula is C12H23N3O. The molecule has 0 radical (unpaired) electrons. The second-order valence-electron chi connectivity index (χ2n) is 5.25. The normalized spacial score (nSPS) is 30.6. The second kappa shape index (κ2) is 5.15. The molecule has 1 heterocycles. The molecule has 16 heavy (non-hydrogen) atoms. The van der Waals surface area contributed by atoms with Gasteiger partial charge in [-0.2, -0.15) is 0 Å². The highest BCUT2D eigenvalue weighted by molar-refractivity contribution is 5.80. The molecule has 1 aliphatic heterocycles. The molecule has 3 N–H and O–H groups in total. The Balaban J connectivity index is 1.65. The van der Waals surface area contributed by atoms with Crippen molar-refractivity contribution in [1.82, 2.24) is 10.2 Å². The van der Waals surface area contributed by atoms with E-state index in [1.54, 1.807) is 0 Å². The number of carbonyl (C=O) groups is 1. The number of carbonyl (C=O) groups excluding carboxylic acids is 1. The summed E-state index contributed by atoms with van der Waals surface area (Å²) < 4.78 is 0. The molecule has 0 bridgehead atoms. The van der Waals surface area contributed by atoms with Gasteiger partial charge in [0.25, 0.3) is 0 Å². The fourth-order valence-electron chi connectivity index (χ4n) is 2.64. The third-order valence-electron chi connectivity index (χ3n) is 4.11. The lowest BCUT2D eigenvalue weighted by atomic mass is 9.91. The molecule has 2 unspecified atom stereocenters. The Morgan fingerprint density at radius 2 is 2.12 bits per heavy atom. The molecule has 1 saturated carbocycles. The van der Waals surface area contributed by atoms with E-state index in [9.17, 15) is 4.79 Å². The molecular weight excluding hydrogens is 202 g/mol. The van der Waals surface area contributed by atoms with Gasteiger partial charge in [0.2, 0.25) is 5.91 Å². The number of primary amides is 1. The number of nitrogens with zero attached hydrogens (tertiary/aromatic N) is 1. The molecule has 92 valence electrons. The molecule has 2 rings (SSSR count). The van der Waals surface area contributed by atoms with Crippen molar-refractivity contribution in [3.63, 3.8) is 0 Å². The first-order valence-electron chi connectivity index (χ1n) is 6.42. The quantitative estimate of drug-likeness (QED) is 0.715. The van der Waals surface area contributed by atoms with Crippen LogP contribution in [0.3, 0.4) is 0 Å². The number of hydrogen-bond donors (Lipinski definition) is 2. The molecule has 1 amide bonds. The van der Waals surface area contributed by atoms with Crippen molar-refractivity contribution in [3.05, 3.63) is 0 Å². The lowest BCUT2D eigenvalue weighted by Crippen LogP contribution is -2.42. The predicted octanol–water partition coefficient (Wildman–Crippen LogP) is 0.467. The van der Waals surface area contributed by atoms with E-state index < -0.39 is 0 Å². The van der Waals surface area contributed by atoms with Crippen LogP contribution in [0, 0.1) is 0 Å². The van der Waals surface area contributed by atoms with Gasteiger partial charge >= 0.3 is 0 Å². The van der Waals surface area contributed by atoms with Gasteiger partial charge in [-0.05, 0) is 45.7 Å². The molecule has 4 nitrogen and oxygen atoms in total. The molecule has 2 aliphatic rings. The van der Waals surface area contributed by atoms with Crippen molar-refractivity contribution in [3.8, 4) is 0 Å². The van der Waals surface area contributed by atoms with E-state index >= 15 is 0 Å². The van der Waals surface area contributed by atoms with Crippen LogP contribution in [0.4, 0.5) is 0 Å². The Morgan fingerprint density at radius 1 is 1.38 bits per heavy atom. The van der Waals surface area contributed by atoms with Gasteiger partial charge in [0.05, 0.1) is 6.04 Å².